The highest BCUT2D eigenvalue weighted by Gasteiger charge is 2.80. The predicted octanol–water partition coefficient (Wildman–Crippen LogP) is 2.09. The maximum atomic E-state index is 2.52. The van der Waals surface area contributed by atoms with Crippen molar-refractivity contribution in [2.45, 2.75) is 0 Å². The molecule has 1 aliphatic heterocycles. The van der Waals surface area contributed by atoms with Crippen LogP contribution in [0, 0.1) is 22.7 Å². The largest absolute Gasteiger partial charge is 0.160 e. The van der Waals surface area contributed by atoms with Crippen LogP contribution in [0.1, 0.15) is 0 Å². The van der Waals surface area contributed by atoms with Gasteiger partial charge in [0.2, 0.25) is 0 Å². The SMILES string of the molecule is C1=CC23CSCC24C=CC1C34. The summed E-state index contributed by atoms with van der Waals surface area (Å²) in [6.45, 7) is 0. The molecule has 0 N–H and O–H groups in total. The van der Waals surface area contributed by atoms with Crippen LogP contribution in [0.2, 0.25) is 0 Å². The molecule has 0 bridgehead atoms. The summed E-state index contributed by atoms with van der Waals surface area (Å²) in [5.41, 5.74) is 1.33. The number of hydrogen-bond acceptors (Lipinski definition) is 1. The Kier molecular flexibility index (Phi) is 0.618. The van der Waals surface area contributed by atoms with Gasteiger partial charge in [0.15, 0.2) is 0 Å². The van der Waals surface area contributed by atoms with E-state index in [0.29, 0.717) is 10.8 Å². The van der Waals surface area contributed by atoms with Crippen LogP contribution in [0.25, 0.3) is 0 Å². The van der Waals surface area contributed by atoms with E-state index in [-0.39, 0.29) is 0 Å². The lowest BCUT2D eigenvalue weighted by molar-refractivity contribution is 0.604. The van der Waals surface area contributed by atoms with Gasteiger partial charge in [0.05, 0.1) is 0 Å². The molecule has 1 saturated carbocycles. The molecule has 0 radical (unpaired) electrons. The molecule has 2 spiro atoms. The smallest absolute Gasteiger partial charge is 0.0120 e. The maximum Gasteiger partial charge on any atom is 0.0120 e. The highest BCUT2D eigenvalue weighted by molar-refractivity contribution is 7.99. The summed E-state index contributed by atoms with van der Waals surface area (Å²) in [6.07, 6.45) is 9.89. The molecule has 1 heteroatoms. The predicted molar refractivity (Wildman–Crippen MR) is 47.5 cm³/mol. The second-order valence-electron chi connectivity index (χ2n) is 4.35. The lowest BCUT2D eigenvalue weighted by Crippen LogP contribution is -2.05. The molecule has 2 atom stereocenters. The molecule has 56 valence electrons. The molecule has 4 aliphatic rings. The summed E-state index contributed by atoms with van der Waals surface area (Å²) in [7, 11) is 0. The van der Waals surface area contributed by atoms with Gasteiger partial charge in [-0.3, -0.25) is 0 Å². The fraction of sp³-hybridized carbons (Fsp3) is 0.600. The van der Waals surface area contributed by atoms with Crippen molar-refractivity contribution < 1.29 is 0 Å². The fourth-order valence-electron chi connectivity index (χ4n) is 3.68. The number of allylic oxidation sites excluding steroid dienone is 4. The Hall–Kier alpha value is -0.170. The third-order valence-corrected chi connectivity index (χ3v) is 5.56. The van der Waals surface area contributed by atoms with Gasteiger partial charge in [-0.1, -0.05) is 24.3 Å². The molecular weight excluding hydrogens is 152 g/mol. The van der Waals surface area contributed by atoms with Gasteiger partial charge in [-0.05, 0) is 11.8 Å². The van der Waals surface area contributed by atoms with Crippen molar-refractivity contribution in [2.75, 3.05) is 11.5 Å². The molecule has 4 rings (SSSR count). The van der Waals surface area contributed by atoms with Crippen LogP contribution < -0.4 is 0 Å². The molecule has 0 aromatic carbocycles. The molecule has 0 nitrogen and oxygen atoms in total. The molecule has 2 unspecified atom stereocenters. The first-order valence-electron chi connectivity index (χ1n) is 4.36. The first-order chi connectivity index (χ1) is 5.39. The zero-order valence-corrected chi connectivity index (χ0v) is 7.10. The summed E-state index contributed by atoms with van der Waals surface area (Å²) >= 11 is 2.15. The van der Waals surface area contributed by atoms with Gasteiger partial charge in [0.25, 0.3) is 0 Å². The van der Waals surface area contributed by atoms with Gasteiger partial charge in [0, 0.05) is 22.3 Å². The lowest BCUT2D eigenvalue weighted by atomic mass is 9.97. The molecule has 1 heterocycles. The second kappa shape index (κ2) is 1.24. The van der Waals surface area contributed by atoms with Crippen molar-refractivity contribution >= 4 is 11.8 Å². The van der Waals surface area contributed by atoms with Gasteiger partial charge < -0.3 is 0 Å². The number of rotatable bonds is 0. The Balaban J connectivity index is 2.03. The molecule has 0 amide bonds. The zero-order chi connectivity index (χ0) is 7.10. The van der Waals surface area contributed by atoms with Crippen molar-refractivity contribution in [3.8, 4) is 0 Å². The third-order valence-electron chi connectivity index (χ3n) is 4.19. The lowest BCUT2D eigenvalue weighted by Gasteiger charge is -2.05. The minimum Gasteiger partial charge on any atom is -0.160 e. The molecule has 11 heavy (non-hydrogen) atoms. The Bertz CT molecular complexity index is 276. The minimum absolute atomic E-state index is 0.664. The zero-order valence-electron chi connectivity index (χ0n) is 6.29. The Morgan fingerprint density at radius 1 is 1.09 bits per heavy atom. The van der Waals surface area contributed by atoms with Crippen LogP contribution in [0.4, 0.5) is 0 Å². The van der Waals surface area contributed by atoms with Crippen molar-refractivity contribution in [1.82, 2.24) is 0 Å². The van der Waals surface area contributed by atoms with Crippen LogP contribution in [-0.2, 0) is 0 Å². The molecule has 2 fully saturated rings. The normalized spacial score (nSPS) is 66.9. The minimum atomic E-state index is 0.664. The summed E-state index contributed by atoms with van der Waals surface area (Å²) < 4.78 is 0. The number of thioether (sulfide) groups is 1. The molecule has 3 aliphatic carbocycles. The van der Waals surface area contributed by atoms with Gasteiger partial charge in [-0.2, -0.15) is 11.8 Å². The van der Waals surface area contributed by atoms with Gasteiger partial charge in [0.1, 0.15) is 0 Å². The summed E-state index contributed by atoms with van der Waals surface area (Å²) in [6, 6.07) is 0. The highest BCUT2D eigenvalue weighted by atomic mass is 32.2. The van der Waals surface area contributed by atoms with Gasteiger partial charge >= 0.3 is 0 Å². The highest BCUT2D eigenvalue weighted by Crippen LogP contribution is 2.84. The van der Waals surface area contributed by atoms with Crippen LogP contribution in [0.15, 0.2) is 24.3 Å². The summed E-state index contributed by atoms with van der Waals surface area (Å²) in [5.74, 6) is 4.64. The maximum absolute atomic E-state index is 2.52. The molecule has 0 aromatic rings. The van der Waals surface area contributed by atoms with E-state index in [1.54, 1.807) is 0 Å². The van der Waals surface area contributed by atoms with Crippen LogP contribution >= 0.6 is 11.8 Å². The van der Waals surface area contributed by atoms with E-state index >= 15 is 0 Å². The average molecular weight is 162 g/mol. The van der Waals surface area contributed by atoms with Crippen molar-refractivity contribution in [1.29, 1.82) is 0 Å². The Morgan fingerprint density at radius 2 is 1.73 bits per heavy atom. The van der Waals surface area contributed by atoms with E-state index in [1.807, 2.05) is 0 Å². The van der Waals surface area contributed by atoms with E-state index in [2.05, 4.69) is 36.1 Å². The molecular formula is C10H10S. The van der Waals surface area contributed by atoms with Crippen LogP contribution in [0.3, 0.4) is 0 Å². The van der Waals surface area contributed by atoms with E-state index < -0.39 is 0 Å². The van der Waals surface area contributed by atoms with E-state index in [9.17, 15) is 0 Å². The average Bonchev–Trinajstić information content (AvgIpc) is 2.52. The fourth-order valence-corrected chi connectivity index (χ4v) is 5.54. The van der Waals surface area contributed by atoms with E-state index in [4.69, 9.17) is 0 Å². The second-order valence-corrected chi connectivity index (χ2v) is 5.33. The molecule has 1 saturated heterocycles. The van der Waals surface area contributed by atoms with Crippen LogP contribution in [-0.4, -0.2) is 11.5 Å². The molecule has 0 aromatic heterocycles. The van der Waals surface area contributed by atoms with Gasteiger partial charge in [-0.25, -0.2) is 0 Å². The standard InChI is InChI=1S/C10H10S/c1-3-9-5-11-6-10(9)4-2-7(1)8(9)10/h1-4,7-8H,5-6H2. The van der Waals surface area contributed by atoms with E-state index in [1.165, 1.54) is 11.5 Å². The van der Waals surface area contributed by atoms with Crippen molar-refractivity contribution in [3.63, 3.8) is 0 Å². The monoisotopic (exact) mass is 162 g/mol. The quantitative estimate of drug-likeness (QED) is 0.491. The number of hydrogen-bond donors (Lipinski definition) is 0. The summed E-state index contributed by atoms with van der Waals surface area (Å²) in [5, 5.41) is 0. The first kappa shape index (κ1) is 5.47. The first-order valence-corrected chi connectivity index (χ1v) is 5.51. The van der Waals surface area contributed by atoms with E-state index in [0.717, 1.165) is 11.8 Å². The van der Waals surface area contributed by atoms with Crippen LogP contribution in [0.5, 0.6) is 0 Å². The summed E-state index contributed by atoms with van der Waals surface area (Å²) in [4.78, 5) is 0. The Morgan fingerprint density at radius 3 is 2.27 bits per heavy atom. The Labute approximate surface area is 70.7 Å². The third kappa shape index (κ3) is 0.329. The topological polar surface area (TPSA) is 0 Å². The van der Waals surface area contributed by atoms with Crippen molar-refractivity contribution in [2.24, 2.45) is 22.7 Å². The van der Waals surface area contributed by atoms with Crippen molar-refractivity contribution in [3.05, 3.63) is 24.3 Å². The van der Waals surface area contributed by atoms with Gasteiger partial charge in [-0.15, -0.1) is 0 Å².